The molecule has 2 fully saturated rings. The van der Waals surface area contributed by atoms with Gasteiger partial charge in [-0.05, 0) is 30.7 Å². The Kier molecular flexibility index (Phi) is 5.46. The lowest BCUT2D eigenvalue weighted by Crippen LogP contribution is -2.55. The smallest absolute Gasteiger partial charge is 0.267 e. The maximum Gasteiger partial charge on any atom is 0.267 e. The van der Waals surface area contributed by atoms with Gasteiger partial charge in [-0.1, -0.05) is 30.3 Å². The van der Waals surface area contributed by atoms with Crippen LogP contribution in [0.1, 0.15) is 12.8 Å². The van der Waals surface area contributed by atoms with Gasteiger partial charge in [0.1, 0.15) is 11.9 Å². The number of benzene rings is 2. The van der Waals surface area contributed by atoms with Crippen LogP contribution in [0, 0.1) is 5.82 Å². The van der Waals surface area contributed by atoms with E-state index in [-0.39, 0.29) is 29.5 Å². The molecule has 0 radical (unpaired) electrons. The molecule has 4 rings (SSSR count). The van der Waals surface area contributed by atoms with Gasteiger partial charge in [0.25, 0.3) is 10.0 Å². The summed E-state index contributed by atoms with van der Waals surface area (Å²) in [6.45, 7) is 1.52. The van der Waals surface area contributed by atoms with Crippen LogP contribution in [-0.2, 0) is 19.6 Å². The number of halogens is 1. The van der Waals surface area contributed by atoms with Crippen molar-refractivity contribution < 1.29 is 22.4 Å². The van der Waals surface area contributed by atoms with E-state index in [2.05, 4.69) is 0 Å². The van der Waals surface area contributed by atoms with Crippen molar-refractivity contribution in [3.8, 4) is 0 Å². The number of piperazine rings is 1. The quantitative estimate of drug-likeness (QED) is 0.739. The third-order valence-corrected chi connectivity index (χ3v) is 7.37. The topological polar surface area (TPSA) is 78.0 Å². The van der Waals surface area contributed by atoms with Crippen LogP contribution in [0.4, 0.5) is 10.1 Å². The van der Waals surface area contributed by atoms with Crippen molar-refractivity contribution in [1.82, 2.24) is 9.21 Å². The van der Waals surface area contributed by atoms with Gasteiger partial charge in [0.05, 0.1) is 10.6 Å². The van der Waals surface area contributed by atoms with E-state index in [9.17, 15) is 22.4 Å². The Bertz CT molecular complexity index is 1050. The van der Waals surface area contributed by atoms with Crippen LogP contribution < -0.4 is 4.90 Å². The summed E-state index contributed by atoms with van der Waals surface area (Å²) >= 11 is 0. The van der Waals surface area contributed by atoms with Crippen molar-refractivity contribution >= 4 is 27.5 Å². The van der Waals surface area contributed by atoms with Crippen LogP contribution in [-0.4, -0.2) is 61.7 Å². The van der Waals surface area contributed by atoms with E-state index in [1.807, 2.05) is 4.90 Å². The SMILES string of the molecule is O=C([C@@H]1CCC(=O)N1S(=O)(=O)c1ccccc1)N1CCN(c2ccccc2F)CC1. The van der Waals surface area contributed by atoms with Crippen LogP contribution in [0.25, 0.3) is 0 Å². The monoisotopic (exact) mass is 431 g/mol. The highest BCUT2D eigenvalue weighted by atomic mass is 32.2. The summed E-state index contributed by atoms with van der Waals surface area (Å²) in [5.41, 5.74) is 0.480. The molecule has 2 aromatic carbocycles. The number of rotatable bonds is 4. The van der Waals surface area contributed by atoms with Gasteiger partial charge in [0.2, 0.25) is 11.8 Å². The fourth-order valence-electron chi connectivity index (χ4n) is 3.98. The van der Waals surface area contributed by atoms with Crippen molar-refractivity contribution in [1.29, 1.82) is 0 Å². The zero-order valence-electron chi connectivity index (χ0n) is 16.3. The van der Waals surface area contributed by atoms with E-state index in [1.54, 1.807) is 41.3 Å². The molecule has 0 N–H and O–H groups in total. The first-order valence-corrected chi connectivity index (χ1v) is 11.2. The molecule has 2 heterocycles. The van der Waals surface area contributed by atoms with Crippen molar-refractivity contribution in [2.24, 2.45) is 0 Å². The normalized spacial score (nSPS) is 20.0. The van der Waals surface area contributed by atoms with Gasteiger partial charge >= 0.3 is 0 Å². The number of para-hydroxylation sites is 1. The Labute approximate surface area is 174 Å². The first-order chi connectivity index (χ1) is 14.4. The lowest BCUT2D eigenvalue weighted by Gasteiger charge is -2.38. The summed E-state index contributed by atoms with van der Waals surface area (Å²) in [4.78, 5) is 28.9. The summed E-state index contributed by atoms with van der Waals surface area (Å²) in [7, 11) is -4.10. The fraction of sp³-hybridized carbons (Fsp3) is 0.333. The average molecular weight is 431 g/mol. The summed E-state index contributed by atoms with van der Waals surface area (Å²) in [5.74, 6) is -1.27. The summed E-state index contributed by atoms with van der Waals surface area (Å²) in [5, 5.41) is 0. The van der Waals surface area contributed by atoms with E-state index in [4.69, 9.17) is 0 Å². The van der Waals surface area contributed by atoms with Crippen LogP contribution in [0.2, 0.25) is 0 Å². The average Bonchev–Trinajstić information content (AvgIpc) is 3.16. The molecule has 30 heavy (non-hydrogen) atoms. The highest BCUT2D eigenvalue weighted by molar-refractivity contribution is 7.89. The molecule has 0 saturated carbocycles. The molecule has 2 aliphatic rings. The zero-order valence-corrected chi connectivity index (χ0v) is 17.1. The predicted molar refractivity (Wildman–Crippen MR) is 109 cm³/mol. The molecule has 158 valence electrons. The van der Waals surface area contributed by atoms with Gasteiger partial charge in [0, 0.05) is 32.6 Å². The zero-order chi connectivity index (χ0) is 21.3. The highest BCUT2D eigenvalue weighted by Gasteiger charge is 2.45. The Morgan fingerprint density at radius 3 is 2.23 bits per heavy atom. The van der Waals surface area contributed by atoms with Gasteiger partial charge in [-0.3, -0.25) is 9.59 Å². The van der Waals surface area contributed by atoms with Crippen molar-refractivity contribution in [2.75, 3.05) is 31.1 Å². The number of hydrogen-bond acceptors (Lipinski definition) is 5. The van der Waals surface area contributed by atoms with Crippen LogP contribution in [0.15, 0.2) is 59.5 Å². The number of nitrogens with zero attached hydrogens (tertiary/aromatic N) is 3. The van der Waals surface area contributed by atoms with Gasteiger partial charge in [-0.2, -0.15) is 0 Å². The lowest BCUT2D eigenvalue weighted by atomic mass is 10.1. The molecule has 0 bridgehead atoms. The molecule has 0 spiro atoms. The molecule has 2 saturated heterocycles. The summed E-state index contributed by atoms with van der Waals surface area (Å²) in [6.07, 6.45) is 0.176. The van der Waals surface area contributed by atoms with E-state index in [1.165, 1.54) is 18.2 Å². The van der Waals surface area contributed by atoms with E-state index in [0.29, 0.717) is 31.9 Å². The van der Waals surface area contributed by atoms with E-state index >= 15 is 0 Å². The Morgan fingerprint density at radius 2 is 1.57 bits per heavy atom. The maximum absolute atomic E-state index is 14.0. The second kappa shape index (κ2) is 8.06. The van der Waals surface area contributed by atoms with Gasteiger partial charge in [-0.15, -0.1) is 0 Å². The van der Waals surface area contributed by atoms with Crippen molar-refractivity contribution in [2.45, 2.75) is 23.8 Å². The highest BCUT2D eigenvalue weighted by Crippen LogP contribution is 2.29. The molecule has 2 aromatic rings. The number of anilines is 1. The first kappa shape index (κ1) is 20.3. The first-order valence-electron chi connectivity index (χ1n) is 9.80. The molecule has 0 unspecified atom stereocenters. The molecule has 7 nitrogen and oxygen atoms in total. The number of carbonyl (C=O) groups excluding carboxylic acids is 2. The minimum Gasteiger partial charge on any atom is -0.366 e. The Morgan fingerprint density at radius 1 is 0.933 bits per heavy atom. The molecule has 1 atom stereocenters. The molecule has 0 aromatic heterocycles. The Balaban J connectivity index is 1.49. The molecular formula is C21H22FN3O4S. The minimum absolute atomic E-state index is 0.0116. The standard InChI is InChI=1S/C21H22FN3O4S/c22-17-8-4-5-9-18(17)23-12-14-24(15-13-23)21(27)19-10-11-20(26)25(19)30(28,29)16-6-2-1-3-7-16/h1-9,19H,10-15H2/t19-/m0/s1. The van der Waals surface area contributed by atoms with Gasteiger partial charge in [0.15, 0.2) is 0 Å². The number of hydrogen-bond donors (Lipinski definition) is 0. The molecule has 0 aliphatic carbocycles. The number of amides is 2. The fourth-order valence-corrected chi connectivity index (χ4v) is 5.60. The van der Waals surface area contributed by atoms with Gasteiger partial charge in [-0.25, -0.2) is 17.1 Å². The molecule has 9 heteroatoms. The van der Waals surface area contributed by atoms with Crippen LogP contribution >= 0.6 is 0 Å². The third kappa shape index (κ3) is 3.65. The maximum atomic E-state index is 14.0. The molecule has 2 aliphatic heterocycles. The lowest BCUT2D eigenvalue weighted by molar-refractivity contribution is -0.138. The van der Waals surface area contributed by atoms with E-state index < -0.39 is 22.0 Å². The van der Waals surface area contributed by atoms with E-state index in [0.717, 1.165) is 4.31 Å². The van der Waals surface area contributed by atoms with Crippen molar-refractivity contribution in [3.05, 3.63) is 60.4 Å². The summed E-state index contributed by atoms with van der Waals surface area (Å²) in [6, 6.07) is 13.1. The molecular weight excluding hydrogens is 409 g/mol. The predicted octanol–water partition coefficient (Wildman–Crippen LogP) is 1.85. The number of sulfonamides is 1. The number of carbonyl (C=O) groups is 2. The van der Waals surface area contributed by atoms with Gasteiger partial charge < -0.3 is 9.80 Å². The Hall–Kier alpha value is -2.94. The van der Waals surface area contributed by atoms with Crippen LogP contribution in [0.5, 0.6) is 0 Å². The van der Waals surface area contributed by atoms with Crippen molar-refractivity contribution in [3.63, 3.8) is 0 Å². The summed E-state index contributed by atoms with van der Waals surface area (Å²) < 4.78 is 40.8. The van der Waals surface area contributed by atoms with Crippen LogP contribution in [0.3, 0.4) is 0 Å². The minimum atomic E-state index is -4.10. The second-order valence-electron chi connectivity index (χ2n) is 7.33. The second-order valence-corrected chi connectivity index (χ2v) is 9.14. The largest absolute Gasteiger partial charge is 0.366 e. The molecule has 2 amide bonds. The third-order valence-electron chi connectivity index (χ3n) is 5.53.